The molecule has 0 amide bonds. The van der Waals surface area contributed by atoms with E-state index in [9.17, 15) is 5.11 Å². The Hall–Kier alpha value is -0.120. The van der Waals surface area contributed by atoms with Crippen LogP contribution in [0.25, 0.3) is 0 Å². The predicted octanol–water partition coefficient (Wildman–Crippen LogP) is 0.713. The van der Waals surface area contributed by atoms with Crippen LogP contribution < -0.4 is 5.73 Å². The van der Waals surface area contributed by atoms with Gasteiger partial charge in [-0.25, -0.2) is 0 Å². The Kier molecular flexibility index (Phi) is 3.42. The molecule has 1 saturated carbocycles. The molecule has 0 bridgehead atoms. The van der Waals surface area contributed by atoms with E-state index in [0.717, 1.165) is 32.0 Å². The Morgan fingerprint density at radius 2 is 1.50 bits per heavy atom. The van der Waals surface area contributed by atoms with Crippen molar-refractivity contribution in [1.82, 2.24) is 4.90 Å². The molecule has 0 unspecified atom stereocenters. The van der Waals surface area contributed by atoms with Crippen molar-refractivity contribution >= 4 is 0 Å². The summed E-state index contributed by atoms with van der Waals surface area (Å²) in [5.41, 5.74) is 5.89. The molecule has 0 atom stereocenters. The Labute approximate surface area is 86.3 Å². The second-order valence-corrected chi connectivity index (χ2v) is 4.84. The standard InChI is InChI=1S/C11H22N2O/c12-9-1-3-10(4-2-9)13-7-5-11(14)6-8-13/h9-11,14H,1-8,12H2/t9-,10-. The van der Waals surface area contributed by atoms with Crippen LogP contribution in [0, 0.1) is 0 Å². The first-order valence-corrected chi connectivity index (χ1v) is 5.93. The summed E-state index contributed by atoms with van der Waals surface area (Å²) in [6, 6.07) is 1.20. The number of hydrogen-bond acceptors (Lipinski definition) is 3. The van der Waals surface area contributed by atoms with E-state index in [1.807, 2.05) is 0 Å². The van der Waals surface area contributed by atoms with E-state index < -0.39 is 0 Å². The number of rotatable bonds is 1. The van der Waals surface area contributed by atoms with Crippen LogP contribution in [0.5, 0.6) is 0 Å². The molecule has 1 heterocycles. The van der Waals surface area contributed by atoms with Gasteiger partial charge >= 0.3 is 0 Å². The number of hydrogen-bond donors (Lipinski definition) is 2. The lowest BCUT2D eigenvalue weighted by Crippen LogP contribution is -2.45. The van der Waals surface area contributed by atoms with Gasteiger partial charge in [0.1, 0.15) is 0 Å². The average molecular weight is 198 g/mol. The number of aliphatic hydroxyl groups is 1. The number of likely N-dealkylation sites (tertiary alicyclic amines) is 1. The molecule has 2 aliphatic rings. The summed E-state index contributed by atoms with van der Waals surface area (Å²) in [4.78, 5) is 2.55. The van der Waals surface area contributed by atoms with Gasteiger partial charge in [-0.2, -0.15) is 0 Å². The maximum Gasteiger partial charge on any atom is 0.0564 e. The van der Waals surface area contributed by atoms with E-state index >= 15 is 0 Å². The van der Waals surface area contributed by atoms with Crippen LogP contribution in [-0.4, -0.2) is 41.3 Å². The van der Waals surface area contributed by atoms with E-state index in [1.54, 1.807) is 0 Å². The predicted molar refractivity (Wildman–Crippen MR) is 57.0 cm³/mol. The highest BCUT2D eigenvalue weighted by Crippen LogP contribution is 2.24. The van der Waals surface area contributed by atoms with Gasteiger partial charge in [-0.3, -0.25) is 0 Å². The van der Waals surface area contributed by atoms with Crippen LogP contribution in [0.4, 0.5) is 0 Å². The Morgan fingerprint density at radius 3 is 2.07 bits per heavy atom. The topological polar surface area (TPSA) is 49.5 Å². The van der Waals surface area contributed by atoms with Gasteiger partial charge < -0.3 is 15.7 Å². The monoisotopic (exact) mass is 198 g/mol. The highest BCUT2D eigenvalue weighted by atomic mass is 16.3. The minimum Gasteiger partial charge on any atom is -0.393 e. The summed E-state index contributed by atoms with van der Waals surface area (Å²) in [5, 5.41) is 9.42. The Morgan fingerprint density at radius 1 is 0.929 bits per heavy atom. The highest BCUT2D eigenvalue weighted by Gasteiger charge is 2.26. The maximum absolute atomic E-state index is 9.42. The van der Waals surface area contributed by atoms with Crippen molar-refractivity contribution in [2.24, 2.45) is 5.73 Å². The quantitative estimate of drug-likeness (QED) is 0.652. The number of aliphatic hydroxyl groups excluding tert-OH is 1. The molecule has 0 aromatic carbocycles. The van der Waals surface area contributed by atoms with Gasteiger partial charge in [0.2, 0.25) is 0 Å². The van der Waals surface area contributed by atoms with Crippen molar-refractivity contribution in [2.75, 3.05) is 13.1 Å². The zero-order valence-electron chi connectivity index (χ0n) is 8.86. The Balaban J connectivity index is 1.78. The lowest BCUT2D eigenvalue weighted by molar-refractivity contribution is 0.0489. The third kappa shape index (κ3) is 2.47. The van der Waals surface area contributed by atoms with Crippen LogP contribution >= 0.6 is 0 Å². The largest absolute Gasteiger partial charge is 0.393 e. The van der Waals surface area contributed by atoms with Crippen LogP contribution in [0.1, 0.15) is 38.5 Å². The summed E-state index contributed by atoms with van der Waals surface area (Å²) in [6.45, 7) is 2.17. The fourth-order valence-electron chi connectivity index (χ4n) is 2.72. The van der Waals surface area contributed by atoms with E-state index in [-0.39, 0.29) is 6.10 Å². The fraction of sp³-hybridized carbons (Fsp3) is 1.00. The molecule has 1 saturated heterocycles. The molecule has 3 nitrogen and oxygen atoms in total. The minimum atomic E-state index is -0.0444. The highest BCUT2D eigenvalue weighted by molar-refractivity contribution is 4.83. The lowest BCUT2D eigenvalue weighted by Gasteiger charge is -2.39. The summed E-state index contributed by atoms with van der Waals surface area (Å²) in [7, 11) is 0. The fourth-order valence-corrected chi connectivity index (χ4v) is 2.72. The molecule has 3 heteroatoms. The smallest absolute Gasteiger partial charge is 0.0564 e. The first-order valence-electron chi connectivity index (χ1n) is 5.93. The zero-order chi connectivity index (χ0) is 9.97. The number of nitrogens with zero attached hydrogens (tertiary/aromatic N) is 1. The Bertz CT molecular complexity index is 150. The molecular weight excluding hydrogens is 176 g/mol. The third-order valence-corrected chi connectivity index (χ3v) is 3.76. The van der Waals surface area contributed by atoms with Gasteiger partial charge in [0.25, 0.3) is 0 Å². The van der Waals surface area contributed by atoms with Crippen LogP contribution in [-0.2, 0) is 0 Å². The van der Waals surface area contributed by atoms with E-state index in [1.165, 1.54) is 25.7 Å². The summed E-state index contributed by atoms with van der Waals surface area (Å²) >= 11 is 0. The van der Waals surface area contributed by atoms with E-state index in [4.69, 9.17) is 5.73 Å². The molecule has 3 N–H and O–H groups in total. The van der Waals surface area contributed by atoms with Crippen molar-refractivity contribution in [2.45, 2.75) is 56.7 Å². The van der Waals surface area contributed by atoms with Gasteiger partial charge in [-0.05, 0) is 38.5 Å². The van der Waals surface area contributed by atoms with E-state index in [2.05, 4.69) is 4.90 Å². The molecule has 2 fully saturated rings. The molecule has 0 aromatic heterocycles. The van der Waals surface area contributed by atoms with Gasteiger partial charge in [0.15, 0.2) is 0 Å². The molecular formula is C11H22N2O. The van der Waals surface area contributed by atoms with Crippen molar-refractivity contribution in [1.29, 1.82) is 0 Å². The lowest BCUT2D eigenvalue weighted by atomic mass is 9.89. The SMILES string of the molecule is N[C@H]1CC[C@H](N2CCC(O)CC2)CC1. The van der Waals surface area contributed by atoms with Gasteiger partial charge in [-0.15, -0.1) is 0 Å². The van der Waals surface area contributed by atoms with Gasteiger partial charge in [0.05, 0.1) is 6.10 Å². The van der Waals surface area contributed by atoms with Crippen molar-refractivity contribution in [3.05, 3.63) is 0 Å². The van der Waals surface area contributed by atoms with Crippen molar-refractivity contribution in [3.8, 4) is 0 Å². The molecule has 0 radical (unpaired) electrons. The normalized spacial score (nSPS) is 37.3. The second-order valence-electron chi connectivity index (χ2n) is 4.84. The van der Waals surface area contributed by atoms with Crippen LogP contribution in [0.15, 0.2) is 0 Å². The van der Waals surface area contributed by atoms with Crippen LogP contribution in [0.2, 0.25) is 0 Å². The molecule has 14 heavy (non-hydrogen) atoms. The maximum atomic E-state index is 9.42. The molecule has 0 aromatic rings. The van der Waals surface area contributed by atoms with Gasteiger partial charge in [-0.1, -0.05) is 0 Å². The molecule has 82 valence electrons. The molecule has 1 aliphatic carbocycles. The third-order valence-electron chi connectivity index (χ3n) is 3.76. The number of nitrogens with two attached hydrogens (primary N) is 1. The van der Waals surface area contributed by atoms with E-state index in [0.29, 0.717) is 6.04 Å². The molecule has 0 spiro atoms. The zero-order valence-corrected chi connectivity index (χ0v) is 8.86. The van der Waals surface area contributed by atoms with Gasteiger partial charge in [0, 0.05) is 25.2 Å². The first-order chi connectivity index (χ1) is 6.75. The molecule has 2 rings (SSSR count). The average Bonchev–Trinajstić information content (AvgIpc) is 2.21. The summed E-state index contributed by atoms with van der Waals surface area (Å²) in [5.74, 6) is 0. The minimum absolute atomic E-state index is 0.0444. The second kappa shape index (κ2) is 4.60. The summed E-state index contributed by atoms with van der Waals surface area (Å²) < 4.78 is 0. The molecule has 1 aliphatic heterocycles. The summed E-state index contributed by atoms with van der Waals surface area (Å²) in [6.07, 6.45) is 6.77. The van der Waals surface area contributed by atoms with Crippen LogP contribution in [0.3, 0.4) is 0 Å². The van der Waals surface area contributed by atoms with Crippen molar-refractivity contribution < 1.29 is 5.11 Å². The van der Waals surface area contributed by atoms with Crippen molar-refractivity contribution in [3.63, 3.8) is 0 Å². The first kappa shape index (κ1) is 10.4. The number of piperidine rings is 1.